The van der Waals surface area contributed by atoms with Crippen molar-refractivity contribution < 1.29 is 17.9 Å². The first kappa shape index (κ1) is 13.5. The van der Waals surface area contributed by atoms with Gasteiger partial charge in [0, 0.05) is 6.61 Å². The molecular weight excluding hydrogens is 206 g/mol. The minimum absolute atomic E-state index is 0.113. The Morgan fingerprint density at radius 2 is 2.07 bits per heavy atom. The molecule has 0 rings (SSSR count). The minimum Gasteiger partial charge on any atom is -0.381 e. The van der Waals surface area contributed by atoms with Crippen LogP contribution in [0.15, 0.2) is 0 Å². The molecule has 84 valence electrons. The van der Waals surface area contributed by atoms with Crippen LogP contribution in [0.2, 0.25) is 0 Å². The zero-order valence-electron chi connectivity index (χ0n) is 8.74. The standard InChI is InChI=1S/C8H17NO4S/c1-4-13-5-6-14(11,12)9-7(2)8(3)10/h7,9H,4-6H2,1-3H3. The number of Topliss-reactive ketones (excluding diaryl/α,β-unsaturated/α-hetero) is 1. The van der Waals surface area contributed by atoms with Crippen LogP contribution in [0.3, 0.4) is 0 Å². The first-order chi connectivity index (χ1) is 6.39. The highest BCUT2D eigenvalue weighted by Crippen LogP contribution is 1.91. The van der Waals surface area contributed by atoms with Gasteiger partial charge in [0.25, 0.3) is 0 Å². The maximum atomic E-state index is 11.3. The van der Waals surface area contributed by atoms with Gasteiger partial charge in [-0.05, 0) is 20.8 Å². The van der Waals surface area contributed by atoms with E-state index in [0.717, 1.165) is 0 Å². The fraction of sp³-hybridized carbons (Fsp3) is 0.875. The van der Waals surface area contributed by atoms with Gasteiger partial charge in [0.05, 0.1) is 18.4 Å². The number of sulfonamides is 1. The molecule has 0 aromatic carbocycles. The van der Waals surface area contributed by atoms with Crippen molar-refractivity contribution in [3.63, 3.8) is 0 Å². The summed E-state index contributed by atoms with van der Waals surface area (Å²) in [4.78, 5) is 10.8. The quantitative estimate of drug-likeness (QED) is 0.613. The van der Waals surface area contributed by atoms with E-state index in [1.54, 1.807) is 6.92 Å². The summed E-state index contributed by atoms with van der Waals surface area (Å²) in [5.41, 5.74) is 0. The van der Waals surface area contributed by atoms with Crippen molar-refractivity contribution in [3.05, 3.63) is 0 Å². The van der Waals surface area contributed by atoms with E-state index >= 15 is 0 Å². The molecule has 1 unspecified atom stereocenters. The van der Waals surface area contributed by atoms with Crippen molar-refractivity contribution in [3.8, 4) is 0 Å². The minimum atomic E-state index is -3.39. The number of nitrogens with one attached hydrogen (secondary N) is 1. The third kappa shape index (κ3) is 6.06. The molecule has 0 aliphatic heterocycles. The van der Waals surface area contributed by atoms with Gasteiger partial charge in [-0.2, -0.15) is 0 Å². The van der Waals surface area contributed by atoms with E-state index < -0.39 is 16.1 Å². The number of ether oxygens (including phenoxy) is 1. The second-order valence-corrected chi connectivity index (χ2v) is 4.84. The molecule has 0 aliphatic carbocycles. The Bertz CT molecular complexity index is 273. The van der Waals surface area contributed by atoms with Gasteiger partial charge >= 0.3 is 0 Å². The Balaban J connectivity index is 4.01. The zero-order chi connectivity index (χ0) is 11.2. The van der Waals surface area contributed by atoms with E-state index in [-0.39, 0.29) is 18.1 Å². The molecule has 0 bridgehead atoms. The van der Waals surface area contributed by atoms with Gasteiger partial charge < -0.3 is 4.74 Å². The largest absolute Gasteiger partial charge is 0.381 e. The van der Waals surface area contributed by atoms with Crippen molar-refractivity contribution in [1.82, 2.24) is 4.72 Å². The maximum Gasteiger partial charge on any atom is 0.214 e. The number of ketones is 1. The van der Waals surface area contributed by atoms with Crippen molar-refractivity contribution in [2.75, 3.05) is 19.0 Å². The predicted molar refractivity (Wildman–Crippen MR) is 53.6 cm³/mol. The van der Waals surface area contributed by atoms with E-state index in [9.17, 15) is 13.2 Å². The van der Waals surface area contributed by atoms with E-state index in [2.05, 4.69) is 4.72 Å². The van der Waals surface area contributed by atoms with Gasteiger partial charge in [0.2, 0.25) is 10.0 Å². The summed E-state index contributed by atoms with van der Waals surface area (Å²) >= 11 is 0. The Morgan fingerprint density at radius 1 is 1.50 bits per heavy atom. The molecule has 6 heteroatoms. The molecule has 14 heavy (non-hydrogen) atoms. The maximum absolute atomic E-state index is 11.3. The summed E-state index contributed by atoms with van der Waals surface area (Å²) in [6.45, 7) is 5.28. The van der Waals surface area contributed by atoms with Crippen molar-refractivity contribution in [1.29, 1.82) is 0 Å². The van der Waals surface area contributed by atoms with Crippen molar-refractivity contribution in [2.45, 2.75) is 26.8 Å². The van der Waals surface area contributed by atoms with E-state index in [1.165, 1.54) is 13.8 Å². The smallest absolute Gasteiger partial charge is 0.214 e. The lowest BCUT2D eigenvalue weighted by Crippen LogP contribution is -2.39. The van der Waals surface area contributed by atoms with Crippen LogP contribution in [-0.4, -0.2) is 39.2 Å². The monoisotopic (exact) mass is 223 g/mol. The molecule has 0 saturated heterocycles. The highest BCUT2D eigenvalue weighted by Gasteiger charge is 2.16. The summed E-state index contributed by atoms with van der Waals surface area (Å²) in [5.74, 6) is -0.316. The molecule has 1 N–H and O–H groups in total. The van der Waals surface area contributed by atoms with Gasteiger partial charge in [-0.25, -0.2) is 13.1 Å². The van der Waals surface area contributed by atoms with Gasteiger partial charge in [-0.1, -0.05) is 0 Å². The molecular formula is C8H17NO4S. The molecule has 0 fully saturated rings. The number of carbonyl (C=O) groups is 1. The van der Waals surface area contributed by atoms with E-state index in [1.807, 2.05) is 0 Å². The van der Waals surface area contributed by atoms with Crippen molar-refractivity contribution in [2.24, 2.45) is 0 Å². The lowest BCUT2D eigenvalue weighted by molar-refractivity contribution is -0.118. The van der Waals surface area contributed by atoms with Crippen LogP contribution in [0, 0.1) is 0 Å². The first-order valence-corrected chi connectivity index (χ1v) is 6.12. The van der Waals surface area contributed by atoms with E-state index in [4.69, 9.17) is 4.74 Å². The highest BCUT2D eigenvalue weighted by atomic mass is 32.2. The molecule has 0 aliphatic rings. The van der Waals surface area contributed by atoms with Crippen LogP contribution in [0.25, 0.3) is 0 Å². The van der Waals surface area contributed by atoms with Gasteiger partial charge in [0.1, 0.15) is 5.78 Å². The average Bonchev–Trinajstić information content (AvgIpc) is 2.03. The van der Waals surface area contributed by atoms with Crippen LogP contribution in [0.5, 0.6) is 0 Å². The Morgan fingerprint density at radius 3 is 2.50 bits per heavy atom. The number of hydrogen-bond acceptors (Lipinski definition) is 4. The average molecular weight is 223 g/mol. The molecule has 0 heterocycles. The second kappa shape index (κ2) is 6.10. The number of hydrogen-bond donors (Lipinski definition) is 1. The Labute approximate surface area is 84.9 Å². The predicted octanol–water partition coefficient (Wildman–Crippen LogP) is -0.0802. The summed E-state index contributed by atoms with van der Waals surface area (Å²) in [6.07, 6.45) is 0. The third-order valence-corrected chi connectivity index (χ3v) is 3.08. The lowest BCUT2D eigenvalue weighted by atomic mass is 10.3. The lowest BCUT2D eigenvalue weighted by Gasteiger charge is -2.10. The van der Waals surface area contributed by atoms with Gasteiger partial charge in [-0.3, -0.25) is 4.79 Å². The highest BCUT2D eigenvalue weighted by molar-refractivity contribution is 7.89. The fourth-order valence-corrected chi connectivity index (χ4v) is 1.88. The summed E-state index contributed by atoms with van der Waals surface area (Å²) in [7, 11) is -3.39. The zero-order valence-corrected chi connectivity index (χ0v) is 9.56. The SMILES string of the molecule is CCOCCS(=O)(=O)NC(C)C(C)=O. The number of carbonyl (C=O) groups excluding carboxylic acids is 1. The Kier molecular flexibility index (Phi) is 5.90. The van der Waals surface area contributed by atoms with Crippen LogP contribution in [0.1, 0.15) is 20.8 Å². The van der Waals surface area contributed by atoms with Gasteiger partial charge in [0.15, 0.2) is 0 Å². The summed E-state index contributed by atoms with van der Waals surface area (Å²) < 4.78 is 29.7. The molecule has 0 spiro atoms. The molecule has 0 aromatic heterocycles. The fourth-order valence-electron chi connectivity index (χ4n) is 0.724. The summed E-state index contributed by atoms with van der Waals surface area (Å²) in [5, 5.41) is 0. The summed E-state index contributed by atoms with van der Waals surface area (Å²) in [6, 6.07) is -0.665. The van der Waals surface area contributed by atoms with Gasteiger partial charge in [-0.15, -0.1) is 0 Å². The van der Waals surface area contributed by atoms with Crippen LogP contribution in [0.4, 0.5) is 0 Å². The molecule has 0 radical (unpaired) electrons. The van der Waals surface area contributed by atoms with Crippen LogP contribution >= 0.6 is 0 Å². The molecule has 0 amide bonds. The normalized spacial score (nSPS) is 13.9. The molecule has 1 atom stereocenters. The molecule has 5 nitrogen and oxygen atoms in total. The van der Waals surface area contributed by atoms with Crippen molar-refractivity contribution >= 4 is 15.8 Å². The topological polar surface area (TPSA) is 72.5 Å². The third-order valence-electron chi connectivity index (χ3n) is 1.67. The van der Waals surface area contributed by atoms with Crippen LogP contribution < -0.4 is 4.72 Å². The Hall–Kier alpha value is -0.460. The number of rotatable bonds is 7. The molecule has 0 saturated carbocycles. The second-order valence-electron chi connectivity index (χ2n) is 2.97. The van der Waals surface area contributed by atoms with E-state index in [0.29, 0.717) is 6.61 Å². The first-order valence-electron chi connectivity index (χ1n) is 4.47. The van der Waals surface area contributed by atoms with Crippen LogP contribution in [-0.2, 0) is 19.6 Å². The molecule has 0 aromatic rings.